The van der Waals surface area contributed by atoms with E-state index >= 15 is 0 Å². The van der Waals surface area contributed by atoms with Gasteiger partial charge in [0.1, 0.15) is 0 Å². The van der Waals surface area contributed by atoms with Crippen molar-refractivity contribution in [1.29, 1.82) is 0 Å². The van der Waals surface area contributed by atoms with E-state index in [2.05, 4.69) is 20.8 Å². The van der Waals surface area contributed by atoms with Crippen LogP contribution in [0, 0.1) is 5.92 Å². The van der Waals surface area contributed by atoms with Crippen molar-refractivity contribution in [3.8, 4) is 11.5 Å². The highest BCUT2D eigenvalue weighted by atomic mass is 16.4. The van der Waals surface area contributed by atoms with Gasteiger partial charge in [-0.15, -0.1) is 10.2 Å². The average molecular weight is 272 g/mol. The molecule has 2 N–H and O–H groups in total. The summed E-state index contributed by atoms with van der Waals surface area (Å²) in [7, 11) is 0. The molecule has 0 aliphatic carbocycles. The minimum atomic E-state index is 0.0378. The summed E-state index contributed by atoms with van der Waals surface area (Å²) in [4.78, 5) is 12.2. The van der Waals surface area contributed by atoms with Gasteiger partial charge in [0.05, 0.1) is 5.92 Å². The number of hydrogen-bond donors (Lipinski definition) is 2. The lowest BCUT2D eigenvalue weighted by Gasteiger charge is -2.21. The van der Waals surface area contributed by atoms with Gasteiger partial charge in [0.25, 0.3) is 0 Å². The summed E-state index contributed by atoms with van der Waals surface area (Å²) in [5.74, 6) is 0.538. The van der Waals surface area contributed by atoms with E-state index in [0.29, 0.717) is 5.89 Å². The molecule has 0 spiro atoms. The van der Waals surface area contributed by atoms with Crippen LogP contribution in [0.2, 0.25) is 0 Å². The van der Waals surface area contributed by atoms with Gasteiger partial charge in [-0.2, -0.15) is 0 Å². The molecule has 1 fully saturated rings. The minimum Gasteiger partial charge on any atom is -0.423 e. The Morgan fingerprint density at radius 2 is 2.40 bits per heavy atom. The van der Waals surface area contributed by atoms with Crippen molar-refractivity contribution in [3.63, 3.8) is 0 Å². The fraction of sp³-hybridized carbons (Fsp3) is 0.357. The summed E-state index contributed by atoms with van der Waals surface area (Å²) < 4.78 is 5.15. The maximum absolute atomic E-state index is 12.2. The topological polar surface area (TPSA) is 80.1 Å². The highest BCUT2D eigenvalue weighted by Gasteiger charge is 2.20. The second-order valence-corrected chi connectivity index (χ2v) is 4.86. The smallest absolute Gasteiger partial charge is 0.247 e. The number of carbonyl (C=O) groups excluding carboxylic acids is 1. The van der Waals surface area contributed by atoms with Gasteiger partial charge < -0.3 is 15.1 Å². The van der Waals surface area contributed by atoms with E-state index < -0.39 is 0 Å². The number of hydrogen-bond acceptors (Lipinski definition) is 5. The molecule has 1 aliphatic rings. The van der Waals surface area contributed by atoms with Gasteiger partial charge in [-0.25, -0.2) is 0 Å². The van der Waals surface area contributed by atoms with Crippen LogP contribution < -0.4 is 10.6 Å². The maximum atomic E-state index is 12.2. The number of amides is 1. The summed E-state index contributed by atoms with van der Waals surface area (Å²) in [5, 5.41) is 13.7. The van der Waals surface area contributed by atoms with Crippen molar-refractivity contribution in [2.75, 3.05) is 18.4 Å². The standard InChI is InChI=1S/C14H16N4O2/c19-13(11-4-2-6-15-8-11)17-12-5-1-3-10(7-12)14-18-16-9-20-14/h1,3,5,7,9,11,15H,2,4,6,8H2,(H,17,19)/t11-/m0/s1. The second kappa shape index (κ2) is 5.83. The first-order valence-electron chi connectivity index (χ1n) is 6.71. The predicted octanol–water partition coefficient (Wildman–Crippen LogP) is 1.67. The lowest BCUT2D eigenvalue weighted by atomic mass is 9.99. The highest BCUT2D eigenvalue weighted by Crippen LogP contribution is 2.21. The molecule has 6 heteroatoms. The number of anilines is 1. The first-order chi connectivity index (χ1) is 9.83. The van der Waals surface area contributed by atoms with Crippen LogP contribution in [0.4, 0.5) is 5.69 Å². The van der Waals surface area contributed by atoms with Gasteiger partial charge >= 0.3 is 0 Å². The number of nitrogens with one attached hydrogen (secondary N) is 2. The summed E-state index contributed by atoms with van der Waals surface area (Å²) in [6.07, 6.45) is 3.26. The minimum absolute atomic E-state index is 0.0378. The first kappa shape index (κ1) is 12.8. The van der Waals surface area contributed by atoms with Gasteiger partial charge in [-0.05, 0) is 37.6 Å². The Balaban J connectivity index is 1.71. The number of rotatable bonds is 3. The van der Waals surface area contributed by atoms with Crippen molar-refractivity contribution in [2.24, 2.45) is 5.92 Å². The predicted molar refractivity (Wildman–Crippen MR) is 74.0 cm³/mol. The molecule has 20 heavy (non-hydrogen) atoms. The lowest BCUT2D eigenvalue weighted by molar-refractivity contribution is -0.120. The van der Waals surface area contributed by atoms with Gasteiger partial charge in [0.15, 0.2) is 0 Å². The fourth-order valence-corrected chi connectivity index (χ4v) is 2.35. The van der Waals surface area contributed by atoms with Crippen molar-refractivity contribution >= 4 is 11.6 Å². The quantitative estimate of drug-likeness (QED) is 0.888. The molecular formula is C14H16N4O2. The van der Waals surface area contributed by atoms with Crippen LogP contribution in [0.3, 0.4) is 0 Å². The van der Waals surface area contributed by atoms with Crippen LogP contribution >= 0.6 is 0 Å². The van der Waals surface area contributed by atoms with E-state index in [9.17, 15) is 4.79 Å². The molecule has 1 aliphatic heterocycles. The second-order valence-electron chi connectivity index (χ2n) is 4.86. The average Bonchev–Trinajstić information content (AvgIpc) is 3.03. The van der Waals surface area contributed by atoms with E-state index in [0.717, 1.165) is 37.2 Å². The van der Waals surface area contributed by atoms with Gasteiger partial charge in [-0.1, -0.05) is 6.07 Å². The van der Waals surface area contributed by atoms with E-state index in [1.807, 2.05) is 24.3 Å². The SMILES string of the molecule is O=C(Nc1cccc(-c2nnco2)c1)[C@H]1CCCNC1. The van der Waals surface area contributed by atoms with Gasteiger partial charge in [0, 0.05) is 17.8 Å². The van der Waals surface area contributed by atoms with Crippen molar-refractivity contribution in [3.05, 3.63) is 30.7 Å². The first-order valence-corrected chi connectivity index (χ1v) is 6.71. The molecule has 2 aromatic rings. The molecule has 1 saturated heterocycles. The molecule has 1 amide bonds. The molecule has 104 valence electrons. The van der Waals surface area contributed by atoms with Gasteiger partial charge in [0.2, 0.25) is 18.2 Å². The Bertz CT molecular complexity index is 577. The van der Waals surface area contributed by atoms with Crippen LogP contribution in [0.25, 0.3) is 11.5 Å². The molecule has 2 heterocycles. The monoisotopic (exact) mass is 272 g/mol. The molecule has 0 radical (unpaired) electrons. The zero-order valence-electron chi connectivity index (χ0n) is 11.0. The molecule has 1 aromatic carbocycles. The Labute approximate surface area is 116 Å². The van der Waals surface area contributed by atoms with E-state index in [4.69, 9.17) is 4.42 Å². The Morgan fingerprint density at radius 3 is 3.15 bits per heavy atom. The third-order valence-electron chi connectivity index (χ3n) is 3.40. The summed E-state index contributed by atoms with van der Waals surface area (Å²) >= 11 is 0. The zero-order valence-corrected chi connectivity index (χ0v) is 11.0. The van der Waals surface area contributed by atoms with Crippen LogP contribution in [0.15, 0.2) is 35.1 Å². The van der Waals surface area contributed by atoms with Crippen molar-refractivity contribution in [2.45, 2.75) is 12.8 Å². The van der Waals surface area contributed by atoms with Crippen molar-refractivity contribution < 1.29 is 9.21 Å². The molecular weight excluding hydrogens is 256 g/mol. The van der Waals surface area contributed by atoms with E-state index in [1.165, 1.54) is 6.39 Å². The third kappa shape index (κ3) is 2.85. The van der Waals surface area contributed by atoms with Crippen LogP contribution in [-0.2, 0) is 4.79 Å². The number of piperidine rings is 1. The summed E-state index contributed by atoms with van der Waals surface area (Å²) in [6.45, 7) is 1.74. The Kier molecular flexibility index (Phi) is 3.73. The fourth-order valence-electron chi connectivity index (χ4n) is 2.35. The van der Waals surface area contributed by atoms with E-state index in [-0.39, 0.29) is 11.8 Å². The Hall–Kier alpha value is -2.21. The molecule has 0 unspecified atom stereocenters. The largest absolute Gasteiger partial charge is 0.423 e. The van der Waals surface area contributed by atoms with Crippen LogP contribution in [0.5, 0.6) is 0 Å². The maximum Gasteiger partial charge on any atom is 0.247 e. The zero-order chi connectivity index (χ0) is 13.8. The van der Waals surface area contributed by atoms with Gasteiger partial charge in [-0.3, -0.25) is 4.79 Å². The number of nitrogens with zero attached hydrogens (tertiary/aromatic N) is 2. The summed E-state index contributed by atoms with van der Waals surface area (Å²) in [6, 6.07) is 7.41. The molecule has 1 aromatic heterocycles. The lowest BCUT2D eigenvalue weighted by Crippen LogP contribution is -2.37. The molecule has 6 nitrogen and oxygen atoms in total. The Morgan fingerprint density at radius 1 is 1.45 bits per heavy atom. The summed E-state index contributed by atoms with van der Waals surface area (Å²) in [5.41, 5.74) is 1.54. The third-order valence-corrected chi connectivity index (χ3v) is 3.40. The van der Waals surface area contributed by atoms with Crippen LogP contribution in [-0.4, -0.2) is 29.2 Å². The van der Waals surface area contributed by atoms with Crippen LogP contribution in [0.1, 0.15) is 12.8 Å². The van der Waals surface area contributed by atoms with E-state index in [1.54, 1.807) is 0 Å². The highest BCUT2D eigenvalue weighted by molar-refractivity contribution is 5.93. The molecule has 1 atom stereocenters. The van der Waals surface area contributed by atoms with Crippen molar-refractivity contribution in [1.82, 2.24) is 15.5 Å². The molecule has 0 saturated carbocycles. The normalized spacial score (nSPS) is 18.7. The number of aromatic nitrogens is 2. The number of benzene rings is 1. The number of carbonyl (C=O) groups is 1. The molecule has 0 bridgehead atoms. The molecule has 3 rings (SSSR count).